The Morgan fingerprint density at radius 1 is 0.943 bits per heavy atom. The summed E-state index contributed by atoms with van der Waals surface area (Å²) in [6.45, 7) is 0.462. The van der Waals surface area contributed by atoms with Gasteiger partial charge in [-0.3, -0.25) is 9.59 Å². The third kappa shape index (κ3) is 3.81. The van der Waals surface area contributed by atoms with Crippen LogP contribution in [0.5, 0.6) is 0 Å². The number of halogens is 2. The van der Waals surface area contributed by atoms with Gasteiger partial charge in [0.2, 0.25) is 0 Å². The molecule has 0 atom stereocenters. The van der Waals surface area contributed by atoms with E-state index in [0.29, 0.717) is 29.4 Å². The van der Waals surface area contributed by atoms with Crippen LogP contribution in [0.25, 0.3) is 21.7 Å². The Morgan fingerprint density at radius 2 is 1.69 bits per heavy atom. The van der Waals surface area contributed by atoms with Crippen molar-refractivity contribution in [1.82, 2.24) is 4.57 Å². The number of benzene rings is 3. The minimum absolute atomic E-state index is 0.00195. The van der Waals surface area contributed by atoms with E-state index in [0.717, 1.165) is 42.0 Å². The first-order valence-electron chi connectivity index (χ1n) is 12.0. The van der Waals surface area contributed by atoms with Crippen molar-refractivity contribution in [1.29, 1.82) is 0 Å². The summed E-state index contributed by atoms with van der Waals surface area (Å²) < 4.78 is 30.0. The molecular weight excluding hydrogens is 448 g/mol. The summed E-state index contributed by atoms with van der Waals surface area (Å²) in [5, 5.41) is 11.3. The van der Waals surface area contributed by atoms with Crippen LogP contribution in [-0.4, -0.2) is 21.4 Å². The molecule has 4 nitrogen and oxygen atoms in total. The van der Waals surface area contributed by atoms with Gasteiger partial charge < -0.3 is 9.67 Å². The Morgan fingerprint density at radius 3 is 2.46 bits per heavy atom. The van der Waals surface area contributed by atoms with Gasteiger partial charge in [0, 0.05) is 30.1 Å². The first-order chi connectivity index (χ1) is 16.8. The van der Waals surface area contributed by atoms with Gasteiger partial charge in [-0.05, 0) is 89.8 Å². The topological polar surface area (TPSA) is 59.3 Å². The molecule has 35 heavy (non-hydrogen) atoms. The molecule has 1 spiro atoms. The SMILES string of the molecule is O=C(CC1CC2(C1)CC(C(=O)O)C2)c1ccc(F)c2ccn(Cc3ccc4cc(F)ccc4c3)c12. The zero-order valence-electron chi connectivity index (χ0n) is 19.1. The first-order valence-corrected chi connectivity index (χ1v) is 12.0. The van der Waals surface area contributed by atoms with E-state index in [1.807, 2.05) is 22.8 Å². The van der Waals surface area contributed by atoms with Crippen LogP contribution < -0.4 is 0 Å². The van der Waals surface area contributed by atoms with E-state index >= 15 is 0 Å². The van der Waals surface area contributed by atoms with Gasteiger partial charge in [0.05, 0.1) is 11.4 Å². The van der Waals surface area contributed by atoms with Crippen molar-refractivity contribution in [3.63, 3.8) is 0 Å². The summed E-state index contributed by atoms with van der Waals surface area (Å²) in [6, 6.07) is 15.1. The highest BCUT2D eigenvalue weighted by Crippen LogP contribution is 2.62. The van der Waals surface area contributed by atoms with Crippen LogP contribution in [-0.2, 0) is 11.3 Å². The number of aromatic nitrogens is 1. The average molecular weight is 474 g/mol. The van der Waals surface area contributed by atoms with Crippen molar-refractivity contribution >= 4 is 33.4 Å². The van der Waals surface area contributed by atoms with E-state index in [9.17, 15) is 18.4 Å². The molecule has 0 saturated heterocycles. The molecule has 6 rings (SSSR count). The van der Waals surface area contributed by atoms with Crippen LogP contribution >= 0.6 is 0 Å². The molecule has 0 radical (unpaired) electrons. The van der Waals surface area contributed by atoms with Gasteiger partial charge in [-0.2, -0.15) is 0 Å². The Hall–Kier alpha value is -3.54. The number of carboxylic acids is 1. The summed E-state index contributed by atoms with van der Waals surface area (Å²) in [5.41, 5.74) is 2.21. The maximum Gasteiger partial charge on any atom is 0.306 e. The van der Waals surface area contributed by atoms with Crippen LogP contribution in [0.3, 0.4) is 0 Å². The minimum atomic E-state index is -0.719. The monoisotopic (exact) mass is 473 g/mol. The lowest BCUT2D eigenvalue weighted by Crippen LogP contribution is -2.50. The number of carbonyl (C=O) groups is 2. The molecule has 4 aromatic rings. The van der Waals surface area contributed by atoms with Crippen molar-refractivity contribution in [3.05, 3.63) is 83.6 Å². The molecule has 2 aliphatic rings. The van der Waals surface area contributed by atoms with Crippen molar-refractivity contribution in [2.45, 2.75) is 38.6 Å². The number of carboxylic acid groups (broad SMARTS) is 1. The fourth-order valence-corrected chi connectivity index (χ4v) is 6.38. The van der Waals surface area contributed by atoms with Crippen LogP contribution in [0.1, 0.15) is 48.0 Å². The number of aliphatic carboxylic acids is 1. The Kier molecular flexibility index (Phi) is 5.02. The van der Waals surface area contributed by atoms with Gasteiger partial charge in [0.1, 0.15) is 11.6 Å². The first kappa shape index (κ1) is 22.0. The molecular formula is C29H25F2NO3. The van der Waals surface area contributed by atoms with Gasteiger partial charge in [0.15, 0.2) is 5.78 Å². The molecule has 0 unspecified atom stereocenters. The molecule has 3 aromatic carbocycles. The number of ketones is 1. The Bertz CT molecular complexity index is 1490. The highest BCUT2D eigenvalue weighted by Gasteiger charge is 2.54. The summed E-state index contributed by atoms with van der Waals surface area (Å²) in [7, 11) is 0. The van der Waals surface area contributed by atoms with Crippen LogP contribution in [0.2, 0.25) is 0 Å². The molecule has 2 fully saturated rings. The average Bonchev–Trinajstić information content (AvgIpc) is 3.19. The summed E-state index contributed by atoms with van der Waals surface area (Å²) in [4.78, 5) is 24.4. The second-order valence-corrected chi connectivity index (χ2v) is 10.5. The molecule has 6 heteroatoms. The predicted molar refractivity (Wildman–Crippen MR) is 129 cm³/mol. The van der Waals surface area contributed by atoms with E-state index in [1.165, 1.54) is 18.2 Å². The van der Waals surface area contributed by atoms with Crippen molar-refractivity contribution in [2.24, 2.45) is 17.3 Å². The summed E-state index contributed by atoms with van der Waals surface area (Å²) >= 11 is 0. The molecule has 2 aliphatic carbocycles. The van der Waals surface area contributed by atoms with Crippen molar-refractivity contribution < 1.29 is 23.5 Å². The number of hydrogen-bond acceptors (Lipinski definition) is 2. The van der Waals surface area contributed by atoms with E-state index in [1.54, 1.807) is 24.4 Å². The number of Topliss-reactive ketones (excluding diaryl/α,β-unsaturated/α-hetero) is 1. The number of hydrogen-bond donors (Lipinski definition) is 1. The molecule has 0 amide bonds. The number of fused-ring (bicyclic) bond motifs is 2. The van der Waals surface area contributed by atoms with E-state index < -0.39 is 5.97 Å². The lowest BCUT2D eigenvalue weighted by atomic mass is 9.47. The van der Waals surface area contributed by atoms with Gasteiger partial charge in [-0.15, -0.1) is 0 Å². The zero-order valence-corrected chi connectivity index (χ0v) is 19.1. The van der Waals surface area contributed by atoms with E-state index in [4.69, 9.17) is 5.11 Å². The van der Waals surface area contributed by atoms with E-state index in [-0.39, 0.29) is 34.7 Å². The smallest absolute Gasteiger partial charge is 0.306 e. The third-order valence-electron chi connectivity index (χ3n) is 8.02. The van der Waals surface area contributed by atoms with Gasteiger partial charge in [-0.25, -0.2) is 8.78 Å². The minimum Gasteiger partial charge on any atom is -0.481 e. The van der Waals surface area contributed by atoms with Crippen LogP contribution in [0.15, 0.2) is 60.8 Å². The summed E-state index contributed by atoms with van der Waals surface area (Å²) in [6.07, 6.45) is 5.42. The van der Waals surface area contributed by atoms with Crippen molar-refractivity contribution in [3.8, 4) is 0 Å². The summed E-state index contributed by atoms with van der Waals surface area (Å²) in [5.74, 6) is -1.35. The molecule has 1 N–H and O–H groups in total. The lowest BCUT2D eigenvalue weighted by molar-refractivity contribution is -0.157. The second-order valence-electron chi connectivity index (χ2n) is 10.5. The molecule has 2 saturated carbocycles. The van der Waals surface area contributed by atoms with Gasteiger partial charge >= 0.3 is 5.97 Å². The number of rotatable bonds is 6. The van der Waals surface area contributed by atoms with Crippen LogP contribution in [0, 0.1) is 28.9 Å². The van der Waals surface area contributed by atoms with Crippen LogP contribution in [0.4, 0.5) is 8.78 Å². The number of carbonyl (C=O) groups excluding carboxylic acids is 1. The number of nitrogens with zero attached hydrogens (tertiary/aromatic N) is 1. The molecule has 1 heterocycles. The van der Waals surface area contributed by atoms with E-state index in [2.05, 4.69) is 0 Å². The third-order valence-corrected chi connectivity index (χ3v) is 8.02. The second kappa shape index (κ2) is 8.01. The zero-order chi connectivity index (χ0) is 24.3. The molecule has 0 bridgehead atoms. The highest BCUT2D eigenvalue weighted by molar-refractivity contribution is 6.07. The molecule has 178 valence electrons. The van der Waals surface area contributed by atoms with Gasteiger partial charge in [-0.1, -0.05) is 18.2 Å². The fourth-order valence-electron chi connectivity index (χ4n) is 6.38. The Labute approximate surface area is 201 Å². The predicted octanol–water partition coefficient (Wildman–Crippen LogP) is 6.58. The molecule has 0 aliphatic heterocycles. The normalized spacial score (nSPS) is 23.4. The van der Waals surface area contributed by atoms with Gasteiger partial charge in [0.25, 0.3) is 0 Å². The maximum absolute atomic E-state index is 14.6. The quantitative estimate of drug-likeness (QED) is 0.322. The maximum atomic E-state index is 14.6. The highest BCUT2D eigenvalue weighted by atomic mass is 19.1. The lowest BCUT2D eigenvalue weighted by Gasteiger charge is -2.56. The standard InChI is InChI=1S/C29H25F2NO3/c30-22-4-3-19-9-17(1-2-20(19)11-22)16-32-8-7-23-25(31)6-5-24(27(23)32)26(33)10-18-12-29(13-18)14-21(15-29)28(34)35/h1-9,11,18,21H,10,12-16H2,(H,34,35). The fraction of sp³-hybridized carbons (Fsp3) is 0.310. The Balaban J connectivity index is 1.23. The van der Waals surface area contributed by atoms with Crippen molar-refractivity contribution in [2.75, 3.05) is 0 Å². The molecule has 1 aromatic heterocycles. The largest absolute Gasteiger partial charge is 0.481 e.